The fraction of sp³-hybridized carbons (Fsp3) is 0.615. The monoisotopic (exact) mass is 321 g/mol. The molecule has 1 saturated heterocycles. The second kappa shape index (κ2) is 6.76. The van der Waals surface area contributed by atoms with Crippen LogP contribution in [0.4, 0.5) is 13.2 Å². The van der Waals surface area contributed by atoms with Crippen molar-refractivity contribution in [2.75, 3.05) is 26.2 Å². The molecule has 2 heterocycles. The van der Waals surface area contributed by atoms with Gasteiger partial charge in [-0.2, -0.15) is 13.2 Å². The number of hydrogen-bond donors (Lipinski definition) is 2. The molecule has 3 N–H and O–H groups in total. The van der Waals surface area contributed by atoms with E-state index >= 15 is 0 Å². The first-order valence-corrected chi connectivity index (χ1v) is 7.59. The molecule has 8 heteroatoms. The van der Waals surface area contributed by atoms with Gasteiger partial charge in [-0.15, -0.1) is 11.3 Å². The molecule has 4 nitrogen and oxygen atoms in total. The summed E-state index contributed by atoms with van der Waals surface area (Å²) in [5.41, 5.74) is 5.82. The molecule has 21 heavy (non-hydrogen) atoms. The summed E-state index contributed by atoms with van der Waals surface area (Å²) in [5.74, 6) is -0.237. The predicted octanol–water partition coefficient (Wildman–Crippen LogP) is 1.75. The molecule has 0 saturated carbocycles. The molecule has 1 fully saturated rings. The summed E-state index contributed by atoms with van der Waals surface area (Å²) in [6, 6.07) is 2.90. The van der Waals surface area contributed by atoms with Gasteiger partial charge in [-0.1, -0.05) is 6.07 Å². The lowest BCUT2D eigenvalue weighted by molar-refractivity contribution is -0.143. The summed E-state index contributed by atoms with van der Waals surface area (Å²) >= 11 is 1.41. The standard InChI is InChI=1S/C13H18F3N3OS/c14-13(15,16)8-19-4-3-9(7-19)6-18-12(20)11(17)10-2-1-5-21-10/h1-2,5,9,11H,3-4,6-8,17H2,(H,18,20). The fourth-order valence-electron chi connectivity index (χ4n) is 2.43. The van der Waals surface area contributed by atoms with Gasteiger partial charge in [-0.05, 0) is 30.3 Å². The Bertz CT molecular complexity index is 464. The van der Waals surface area contributed by atoms with Gasteiger partial charge in [-0.3, -0.25) is 9.69 Å². The molecule has 1 aromatic heterocycles. The topological polar surface area (TPSA) is 58.4 Å². The van der Waals surface area contributed by atoms with Crippen LogP contribution in [0.25, 0.3) is 0 Å². The van der Waals surface area contributed by atoms with E-state index in [0.717, 1.165) is 4.88 Å². The van der Waals surface area contributed by atoms with E-state index in [2.05, 4.69) is 5.32 Å². The molecule has 0 radical (unpaired) electrons. The minimum absolute atomic E-state index is 0.0480. The van der Waals surface area contributed by atoms with Crippen LogP contribution in [0.3, 0.4) is 0 Å². The molecule has 0 spiro atoms. The maximum absolute atomic E-state index is 12.3. The molecule has 2 atom stereocenters. The predicted molar refractivity (Wildman–Crippen MR) is 74.9 cm³/mol. The van der Waals surface area contributed by atoms with Gasteiger partial charge in [0.15, 0.2) is 0 Å². The Morgan fingerprint density at radius 3 is 2.95 bits per heavy atom. The van der Waals surface area contributed by atoms with Crippen molar-refractivity contribution in [3.8, 4) is 0 Å². The Labute approximate surface area is 125 Å². The van der Waals surface area contributed by atoms with Gasteiger partial charge < -0.3 is 11.1 Å². The van der Waals surface area contributed by atoms with E-state index in [1.165, 1.54) is 16.2 Å². The van der Waals surface area contributed by atoms with Crippen molar-refractivity contribution < 1.29 is 18.0 Å². The smallest absolute Gasteiger partial charge is 0.354 e. The molecular formula is C13H18F3N3OS. The van der Waals surface area contributed by atoms with Crippen molar-refractivity contribution >= 4 is 17.2 Å². The van der Waals surface area contributed by atoms with Gasteiger partial charge in [0.25, 0.3) is 0 Å². The Balaban J connectivity index is 1.73. The Kier molecular flexibility index (Phi) is 5.23. The first-order valence-electron chi connectivity index (χ1n) is 6.71. The van der Waals surface area contributed by atoms with Crippen LogP contribution in [0, 0.1) is 5.92 Å². The lowest BCUT2D eigenvalue weighted by Gasteiger charge is -2.18. The largest absolute Gasteiger partial charge is 0.401 e. The van der Waals surface area contributed by atoms with Crippen LogP contribution in [0.1, 0.15) is 17.3 Å². The zero-order valence-electron chi connectivity index (χ0n) is 11.4. The normalized spacial score (nSPS) is 21.4. The number of likely N-dealkylation sites (tertiary alicyclic amines) is 1. The van der Waals surface area contributed by atoms with Gasteiger partial charge in [0.05, 0.1) is 6.54 Å². The summed E-state index contributed by atoms with van der Waals surface area (Å²) in [7, 11) is 0. The third kappa shape index (κ3) is 4.98. The molecular weight excluding hydrogens is 303 g/mol. The first-order chi connectivity index (χ1) is 9.85. The van der Waals surface area contributed by atoms with Crippen LogP contribution in [0.5, 0.6) is 0 Å². The van der Waals surface area contributed by atoms with Gasteiger partial charge in [0.1, 0.15) is 6.04 Å². The van der Waals surface area contributed by atoms with Gasteiger partial charge in [0.2, 0.25) is 5.91 Å². The third-order valence-corrected chi connectivity index (χ3v) is 4.43. The average Bonchev–Trinajstić information content (AvgIpc) is 3.04. The van der Waals surface area contributed by atoms with Gasteiger partial charge >= 0.3 is 6.18 Å². The first kappa shape index (κ1) is 16.3. The molecule has 0 aliphatic carbocycles. The van der Waals surface area contributed by atoms with E-state index in [4.69, 9.17) is 5.73 Å². The van der Waals surface area contributed by atoms with E-state index < -0.39 is 18.8 Å². The number of amides is 1. The van der Waals surface area contributed by atoms with E-state index in [1.807, 2.05) is 11.4 Å². The Morgan fingerprint density at radius 2 is 2.33 bits per heavy atom. The summed E-state index contributed by atoms with van der Waals surface area (Å²) in [5, 5.41) is 4.57. The second-order valence-corrected chi connectivity index (χ2v) is 6.22. The highest BCUT2D eigenvalue weighted by Crippen LogP contribution is 2.22. The molecule has 1 aromatic rings. The lowest BCUT2D eigenvalue weighted by atomic mass is 10.1. The van der Waals surface area contributed by atoms with E-state index in [9.17, 15) is 18.0 Å². The number of rotatable bonds is 5. The third-order valence-electron chi connectivity index (χ3n) is 3.47. The highest BCUT2D eigenvalue weighted by Gasteiger charge is 2.34. The number of halogens is 3. The van der Waals surface area contributed by atoms with Crippen LogP contribution in [-0.2, 0) is 4.79 Å². The van der Waals surface area contributed by atoms with E-state index in [1.54, 1.807) is 6.07 Å². The van der Waals surface area contributed by atoms with Crippen molar-refractivity contribution in [1.29, 1.82) is 0 Å². The molecule has 1 aliphatic heterocycles. The summed E-state index contributed by atoms with van der Waals surface area (Å²) in [6.07, 6.45) is -3.51. The zero-order chi connectivity index (χ0) is 15.5. The number of alkyl halides is 3. The maximum Gasteiger partial charge on any atom is 0.401 e. The van der Waals surface area contributed by atoms with Crippen molar-refractivity contribution in [3.05, 3.63) is 22.4 Å². The number of nitrogens with zero attached hydrogens (tertiary/aromatic N) is 1. The Morgan fingerprint density at radius 1 is 1.57 bits per heavy atom. The van der Waals surface area contributed by atoms with Crippen molar-refractivity contribution in [1.82, 2.24) is 10.2 Å². The van der Waals surface area contributed by atoms with E-state index in [-0.39, 0.29) is 11.8 Å². The maximum atomic E-state index is 12.3. The van der Waals surface area contributed by atoms with Crippen LogP contribution in [0.15, 0.2) is 17.5 Å². The van der Waals surface area contributed by atoms with Crippen molar-refractivity contribution in [2.45, 2.75) is 18.6 Å². The van der Waals surface area contributed by atoms with Gasteiger partial charge in [0, 0.05) is 18.0 Å². The second-order valence-electron chi connectivity index (χ2n) is 5.24. The number of hydrogen-bond acceptors (Lipinski definition) is 4. The van der Waals surface area contributed by atoms with Crippen LogP contribution < -0.4 is 11.1 Å². The molecule has 1 amide bonds. The minimum atomic E-state index is -4.17. The van der Waals surface area contributed by atoms with Crippen LogP contribution in [-0.4, -0.2) is 43.2 Å². The molecule has 2 rings (SSSR count). The van der Waals surface area contributed by atoms with Crippen LogP contribution >= 0.6 is 11.3 Å². The quantitative estimate of drug-likeness (QED) is 0.869. The minimum Gasteiger partial charge on any atom is -0.354 e. The number of thiophene rings is 1. The van der Waals surface area contributed by atoms with Crippen molar-refractivity contribution in [2.24, 2.45) is 11.7 Å². The highest BCUT2D eigenvalue weighted by atomic mass is 32.1. The lowest BCUT2D eigenvalue weighted by Crippen LogP contribution is -2.38. The molecule has 118 valence electrons. The highest BCUT2D eigenvalue weighted by molar-refractivity contribution is 7.10. The molecule has 2 unspecified atom stereocenters. The van der Waals surface area contributed by atoms with E-state index in [0.29, 0.717) is 26.1 Å². The number of nitrogens with two attached hydrogens (primary N) is 1. The number of carbonyl (C=O) groups is 1. The molecule has 1 aliphatic rings. The van der Waals surface area contributed by atoms with Gasteiger partial charge in [-0.25, -0.2) is 0 Å². The SMILES string of the molecule is NC(C(=O)NCC1CCN(CC(F)(F)F)C1)c1cccs1. The fourth-order valence-corrected chi connectivity index (χ4v) is 3.15. The number of carbonyl (C=O) groups excluding carboxylic acids is 1. The summed E-state index contributed by atoms with van der Waals surface area (Å²) in [4.78, 5) is 14.0. The average molecular weight is 321 g/mol. The zero-order valence-corrected chi connectivity index (χ0v) is 12.2. The van der Waals surface area contributed by atoms with Crippen LogP contribution in [0.2, 0.25) is 0 Å². The number of nitrogens with one attached hydrogen (secondary N) is 1. The Hall–Kier alpha value is -1.12. The van der Waals surface area contributed by atoms with Crippen molar-refractivity contribution in [3.63, 3.8) is 0 Å². The summed E-state index contributed by atoms with van der Waals surface area (Å²) < 4.78 is 36.9. The molecule has 0 aromatic carbocycles. The summed E-state index contributed by atoms with van der Waals surface area (Å²) in [6.45, 7) is 0.253. The molecule has 0 bridgehead atoms.